The molecule has 9 heteroatoms. The summed E-state index contributed by atoms with van der Waals surface area (Å²) in [6.07, 6.45) is 2.73. The number of nitrogens with zero attached hydrogens (tertiary/aromatic N) is 3. The fraction of sp³-hybridized carbons (Fsp3) is 0.333. The molecule has 1 N–H and O–H groups in total. The van der Waals surface area contributed by atoms with Gasteiger partial charge in [-0.05, 0) is 66.1 Å². The molecule has 2 aromatic rings. The van der Waals surface area contributed by atoms with Crippen LogP contribution in [0, 0.1) is 11.3 Å². The van der Waals surface area contributed by atoms with E-state index in [2.05, 4.69) is 52.0 Å². The van der Waals surface area contributed by atoms with E-state index in [9.17, 15) is 4.79 Å². The number of carbonyl (C=O) groups excluding carboxylic acids is 1. The minimum Gasteiger partial charge on any atom is -0.490 e. The van der Waals surface area contributed by atoms with Gasteiger partial charge in [-0.15, -0.1) is 0 Å². The van der Waals surface area contributed by atoms with Gasteiger partial charge >= 0.3 is 0 Å². The topological polar surface area (TPSA) is 87.3 Å². The first-order chi connectivity index (χ1) is 17.3. The van der Waals surface area contributed by atoms with E-state index in [1.54, 1.807) is 6.08 Å². The molecule has 4 rings (SSSR count). The first-order valence-corrected chi connectivity index (χ1v) is 13.5. The Morgan fingerprint density at radius 3 is 2.53 bits per heavy atom. The molecule has 0 saturated heterocycles. The molecule has 0 fully saturated rings. The van der Waals surface area contributed by atoms with E-state index in [1.165, 1.54) is 22.3 Å². The molecule has 0 aromatic heterocycles. The Labute approximate surface area is 224 Å². The molecule has 2 aliphatic heterocycles. The number of hydrogen-bond acceptors (Lipinski definition) is 6. The molecular weight excluding hydrogens is 540 g/mol. The van der Waals surface area contributed by atoms with Gasteiger partial charge in [0.05, 0.1) is 5.57 Å². The van der Waals surface area contributed by atoms with Crippen LogP contribution in [0.25, 0.3) is 6.08 Å². The van der Waals surface area contributed by atoms with E-state index >= 15 is 0 Å². The molecule has 0 spiro atoms. The molecule has 0 aliphatic carbocycles. The quantitative estimate of drug-likeness (QED) is 0.268. The van der Waals surface area contributed by atoms with Crippen molar-refractivity contribution in [3.05, 3.63) is 63.6 Å². The molecule has 1 amide bonds. The van der Waals surface area contributed by atoms with E-state index in [0.717, 1.165) is 21.7 Å². The van der Waals surface area contributed by atoms with Crippen LogP contribution in [0.5, 0.6) is 11.5 Å². The highest BCUT2D eigenvalue weighted by Crippen LogP contribution is 2.32. The minimum absolute atomic E-state index is 0.00301. The molecule has 188 valence electrons. The maximum atomic E-state index is 12.8. The molecule has 0 saturated carbocycles. The Bertz CT molecular complexity index is 1250. The van der Waals surface area contributed by atoms with Crippen molar-refractivity contribution >= 4 is 55.7 Å². The SMILES string of the molecule is CCC(C)c1ccc(OCCOc2ccc(Br)cc2/C=C2/C(=N)N3N=C(C(C)C)SC3=NC2=O)cc1. The fourth-order valence-corrected chi connectivity index (χ4v) is 4.87. The summed E-state index contributed by atoms with van der Waals surface area (Å²) in [6.45, 7) is 9.12. The number of hydrogen-bond donors (Lipinski definition) is 1. The van der Waals surface area contributed by atoms with Gasteiger partial charge in [0.2, 0.25) is 5.17 Å². The van der Waals surface area contributed by atoms with Gasteiger partial charge in [0.25, 0.3) is 5.91 Å². The molecule has 1 atom stereocenters. The summed E-state index contributed by atoms with van der Waals surface area (Å²) in [4.78, 5) is 16.9. The number of hydrazone groups is 1. The summed E-state index contributed by atoms with van der Waals surface area (Å²) in [6, 6.07) is 13.7. The van der Waals surface area contributed by atoms with Gasteiger partial charge in [-0.1, -0.05) is 55.8 Å². The average molecular weight is 570 g/mol. The third kappa shape index (κ3) is 5.90. The number of ether oxygens (including phenoxy) is 2. The van der Waals surface area contributed by atoms with Crippen molar-refractivity contribution in [3.63, 3.8) is 0 Å². The largest absolute Gasteiger partial charge is 0.490 e. The van der Waals surface area contributed by atoms with Gasteiger partial charge in [0, 0.05) is 16.0 Å². The Hall–Kier alpha value is -2.91. The van der Waals surface area contributed by atoms with Crippen LogP contribution in [0.15, 0.2) is 62.6 Å². The number of benzene rings is 2. The second kappa shape index (κ2) is 11.4. The number of nitrogens with one attached hydrogen (secondary N) is 1. The number of carbonyl (C=O) groups is 1. The summed E-state index contributed by atoms with van der Waals surface area (Å²) in [7, 11) is 0. The summed E-state index contributed by atoms with van der Waals surface area (Å²) >= 11 is 4.81. The first-order valence-electron chi connectivity index (χ1n) is 11.9. The van der Waals surface area contributed by atoms with E-state index in [1.807, 2.05) is 44.2 Å². The van der Waals surface area contributed by atoms with Crippen LogP contribution in [0.3, 0.4) is 0 Å². The predicted octanol–water partition coefficient (Wildman–Crippen LogP) is 6.70. The third-order valence-electron chi connectivity index (χ3n) is 5.91. The van der Waals surface area contributed by atoms with E-state index < -0.39 is 5.91 Å². The van der Waals surface area contributed by atoms with Gasteiger partial charge in [-0.25, -0.2) is 0 Å². The van der Waals surface area contributed by atoms with Crippen LogP contribution < -0.4 is 9.47 Å². The fourth-order valence-electron chi connectivity index (χ4n) is 3.60. The molecule has 2 heterocycles. The normalized spacial score (nSPS) is 17.3. The van der Waals surface area contributed by atoms with Gasteiger partial charge in [-0.2, -0.15) is 15.1 Å². The van der Waals surface area contributed by atoms with Crippen LogP contribution in [-0.4, -0.2) is 40.2 Å². The van der Waals surface area contributed by atoms with Crippen molar-refractivity contribution in [3.8, 4) is 11.5 Å². The highest BCUT2D eigenvalue weighted by Gasteiger charge is 2.36. The van der Waals surface area contributed by atoms with Crippen LogP contribution >= 0.6 is 27.7 Å². The number of fused-ring (bicyclic) bond motifs is 1. The van der Waals surface area contributed by atoms with Crippen molar-refractivity contribution in [1.29, 1.82) is 5.41 Å². The van der Waals surface area contributed by atoms with Crippen LogP contribution in [0.1, 0.15) is 51.2 Å². The zero-order valence-electron chi connectivity index (χ0n) is 20.7. The zero-order valence-corrected chi connectivity index (χ0v) is 23.1. The van der Waals surface area contributed by atoms with Crippen LogP contribution in [0.4, 0.5) is 0 Å². The highest BCUT2D eigenvalue weighted by atomic mass is 79.9. The Morgan fingerprint density at radius 2 is 1.83 bits per heavy atom. The van der Waals surface area contributed by atoms with Crippen molar-refractivity contribution in [2.45, 2.75) is 40.0 Å². The maximum absolute atomic E-state index is 12.8. The first kappa shape index (κ1) is 26.2. The lowest BCUT2D eigenvalue weighted by Gasteiger charge is -2.20. The number of aliphatic imine (C=N–C) groups is 1. The average Bonchev–Trinajstić information content (AvgIpc) is 3.30. The van der Waals surface area contributed by atoms with Crippen molar-refractivity contribution in [2.24, 2.45) is 16.0 Å². The van der Waals surface area contributed by atoms with Crippen LogP contribution in [0.2, 0.25) is 0 Å². The standard InChI is InChI=1S/C27H29BrN4O3S/c1-5-17(4)18-6-9-21(10-7-18)34-12-13-35-23-11-8-20(28)14-19(23)15-22-24(29)32-27(30-25(22)33)36-26(31-32)16(2)3/h6-11,14-17,29H,5,12-13H2,1-4H3/b22-15-,29-24?. The second-order valence-electron chi connectivity index (χ2n) is 8.87. The lowest BCUT2D eigenvalue weighted by atomic mass is 9.99. The monoisotopic (exact) mass is 568 g/mol. The molecule has 7 nitrogen and oxygen atoms in total. The summed E-state index contributed by atoms with van der Waals surface area (Å²) in [5.41, 5.74) is 2.12. The number of halogens is 1. The number of rotatable bonds is 9. The van der Waals surface area contributed by atoms with Crippen molar-refractivity contribution < 1.29 is 14.3 Å². The predicted molar refractivity (Wildman–Crippen MR) is 150 cm³/mol. The van der Waals surface area contributed by atoms with Crippen LogP contribution in [-0.2, 0) is 4.79 Å². The lowest BCUT2D eigenvalue weighted by Crippen LogP contribution is -2.35. The van der Waals surface area contributed by atoms with Gasteiger partial charge in [0.15, 0.2) is 5.84 Å². The number of thioether (sulfide) groups is 1. The lowest BCUT2D eigenvalue weighted by molar-refractivity contribution is -0.114. The number of amidine groups is 2. The van der Waals surface area contributed by atoms with Crippen molar-refractivity contribution in [1.82, 2.24) is 5.01 Å². The van der Waals surface area contributed by atoms with Gasteiger partial charge in [-0.3, -0.25) is 10.2 Å². The second-order valence-corrected chi connectivity index (χ2v) is 10.8. The van der Waals surface area contributed by atoms with Gasteiger partial charge < -0.3 is 9.47 Å². The summed E-state index contributed by atoms with van der Waals surface area (Å²) in [5.74, 6) is 1.62. The molecule has 2 aromatic carbocycles. The smallest absolute Gasteiger partial charge is 0.283 e. The third-order valence-corrected chi connectivity index (χ3v) is 7.61. The highest BCUT2D eigenvalue weighted by molar-refractivity contribution is 9.10. The number of amides is 1. The Kier molecular flexibility index (Phi) is 8.31. The molecule has 0 radical (unpaired) electrons. The van der Waals surface area contributed by atoms with E-state index in [-0.39, 0.29) is 17.3 Å². The minimum atomic E-state index is -0.464. The summed E-state index contributed by atoms with van der Waals surface area (Å²) < 4.78 is 12.7. The van der Waals surface area contributed by atoms with Crippen molar-refractivity contribution in [2.75, 3.05) is 13.2 Å². The maximum Gasteiger partial charge on any atom is 0.283 e. The molecule has 1 unspecified atom stereocenters. The van der Waals surface area contributed by atoms with Gasteiger partial charge in [0.1, 0.15) is 29.8 Å². The van der Waals surface area contributed by atoms with E-state index in [4.69, 9.17) is 14.9 Å². The summed E-state index contributed by atoms with van der Waals surface area (Å²) in [5, 5.41) is 15.7. The molecule has 2 aliphatic rings. The molecule has 36 heavy (non-hydrogen) atoms. The molecule has 0 bridgehead atoms. The Morgan fingerprint density at radius 1 is 1.11 bits per heavy atom. The Balaban J connectivity index is 1.45. The van der Waals surface area contributed by atoms with E-state index in [0.29, 0.717) is 35.6 Å². The molecular formula is C27H29BrN4O3S. The zero-order chi connectivity index (χ0) is 25.8.